The molecule has 248 valence electrons. The second-order valence-electron chi connectivity index (χ2n) is 11.8. The van der Waals surface area contributed by atoms with E-state index in [0.717, 1.165) is 5.56 Å². The normalized spacial score (nSPS) is 38.6. The van der Waals surface area contributed by atoms with Crippen molar-refractivity contribution in [3.63, 3.8) is 0 Å². The maximum Gasteiger partial charge on any atom is 0.243 e. The van der Waals surface area contributed by atoms with Gasteiger partial charge in [0, 0.05) is 18.6 Å². The van der Waals surface area contributed by atoms with Crippen molar-refractivity contribution in [2.45, 2.75) is 93.8 Å². The molecule has 10 N–H and O–H groups in total. The van der Waals surface area contributed by atoms with Crippen LogP contribution in [0.5, 0.6) is 5.75 Å². The summed E-state index contributed by atoms with van der Waals surface area (Å²) in [6.45, 7) is 2.30. The third-order valence-corrected chi connectivity index (χ3v) is 8.53. The van der Waals surface area contributed by atoms with Gasteiger partial charge in [-0.15, -0.1) is 0 Å². The van der Waals surface area contributed by atoms with Crippen LogP contribution in [0.15, 0.2) is 24.3 Å². The molecule has 2 amide bonds. The molecule has 12 unspecified atom stereocenters. The van der Waals surface area contributed by atoms with E-state index in [1.54, 1.807) is 24.3 Å². The lowest BCUT2D eigenvalue weighted by Gasteiger charge is -2.46. The average molecular weight is 630 g/mol. The van der Waals surface area contributed by atoms with Crippen LogP contribution in [0, 0.1) is 5.41 Å². The number of ether oxygens (including phenoxy) is 5. The number of amides is 2. The van der Waals surface area contributed by atoms with E-state index in [9.17, 15) is 40.2 Å². The molecule has 1 aromatic carbocycles. The average Bonchev–Trinajstić information content (AvgIpc) is 3.21. The highest BCUT2D eigenvalue weighted by Gasteiger charge is 2.52. The number of carbonyl (C=O) groups is 2. The molecule has 3 saturated heterocycles. The van der Waals surface area contributed by atoms with Crippen LogP contribution in [-0.4, -0.2) is 143 Å². The van der Waals surface area contributed by atoms with E-state index in [1.807, 2.05) is 13.8 Å². The molecule has 3 fully saturated rings. The minimum atomic E-state index is -1.67. The molecule has 0 saturated carbocycles. The first-order chi connectivity index (χ1) is 20.9. The van der Waals surface area contributed by atoms with Crippen molar-refractivity contribution in [2.24, 2.45) is 11.1 Å². The molecule has 44 heavy (non-hydrogen) atoms. The van der Waals surface area contributed by atoms with Gasteiger partial charge in [-0.2, -0.15) is 0 Å². The quantitative estimate of drug-likeness (QED) is 0.113. The number of aliphatic hydroxyl groups excluding tert-OH is 6. The molecule has 0 aromatic heterocycles. The fourth-order valence-electron chi connectivity index (χ4n) is 5.77. The van der Waals surface area contributed by atoms with E-state index < -0.39 is 92.0 Å². The van der Waals surface area contributed by atoms with E-state index >= 15 is 0 Å². The Bertz CT molecular complexity index is 1120. The van der Waals surface area contributed by atoms with Crippen LogP contribution in [-0.2, 0) is 35.0 Å². The third kappa shape index (κ3) is 7.00. The van der Waals surface area contributed by atoms with Gasteiger partial charge in [-0.05, 0) is 24.1 Å². The predicted molar refractivity (Wildman–Crippen MR) is 149 cm³/mol. The standard InChI is InChI=1S/C28H43N3O13/c1-28(2)16(30-25(39)24(28)31-17(34)9-29)8-12-4-6-13(7-5-12)41-26-21(38)19(36)23(15(11-33)43-26)44-27-20(37)18(35)22(40-3)14(10-32)42-27/h4-7,14-16,18-24,26-27,32-33,35-38H,8-11,29H2,1-3H3,(H,30,39)(H,31,34). The smallest absolute Gasteiger partial charge is 0.243 e. The van der Waals surface area contributed by atoms with Crippen molar-refractivity contribution in [3.8, 4) is 5.75 Å². The molecule has 0 radical (unpaired) electrons. The Morgan fingerprint density at radius 2 is 1.52 bits per heavy atom. The SMILES string of the molecule is COC1C(CO)OC(OC2C(CO)OC(Oc3ccc(CC4NC(=O)C(NC(=O)CN)C4(C)C)cc3)C(O)C2O)C(O)C1O. The maximum absolute atomic E-state index is 12.5. The Kier molecular flexibility index (Phi) is 11.2. The molecule has 12 atom stereocenters. The number of aliphatic hydroxyl groups is 6. The van der Waals surface area contributed by atoms with Crippen LogP contribution >= 0.6 is 0 Å². The monoisotopic (exact) mass is 629 g/mol. The van der Waals surface area contributed by atoms with Gasteiger partial charge in [-0.25, -0.2) is 0 Å². The predicted octanol–water partition coefficient (Wildman–Crippen LogP) is -4.15. The molecule has 4 rings (SSSR count). The summed E-state index contributed by atoms with van der Waals surface area (Å²) in [5, 5.41) is 67.7. The third-order valence-electron chi connectivity index (χ3n) is 8.53. The van der Waals surface area contributed by atoms with Gasteiger partial charge in [0.2, 0.25) is 18.1 Å². The molecular weight excluding hydrogens is 586 g/mol. The Labute approximate surface area is 254 Å². The number of rotatable bonds is 11. The molecule has 0 spiro atoms. The van der Waals surface area contributed by atoms with Gasteiger partial charge in [0.25, 0.3) is 0 Å². The van der Waals surface area contributed by atoms with Crippen molar-refractivity contribution in [2.75, 3.05) is 26.9 Å². The van der Waals surface area contributed by atoms with E-state index in [4.69, 9.17) is 29.4 Å². The van der Waals surface area contributed by atoms with E-state index in [1.165, 1.54) is 7.11 Å². The van der Waals surface area contributed by atoms with Gasteiger partial charge < -0.3 is 70.7 Å². The zero-order valence-electron chi connectivity index (χ0n) is 24.7. The highest BCUT2D eigenvalue weighted by atomic mass is 16.7. The molecule has 0 aliphatic carbocycles. The van der Waals surface area contributed by atoms with Gasteiger partial charge in [-0.1, -0.05) is 26.0 Å². The van der Waals surface area contributed by atoms with Gasteiger partial charge in [0.15, 0.2) is 6.29 Å². The first-order valence-corrected chi connectivity index (χ1v) is 14.3. The first kappa shape index (κ1) is 34.4. The molecule has 1 aromatic rings. The van der Waals surface area contributed by atoms with Crippen molar-refractivity contribution in [1.82, 2.24) is 10.6 Å². The first-order valence-electron chi connectivity index (χ1n) is 14.3. The lowest BCUT2D eigenvalue weighted by atomic mass is 9.78. The van der Waals surface area contributed by atoms with E-state index in [0.29, 0.717) is 6.42 Å². The summed E-state index contributed by atoms with van der Waals surface area (Å²) in [4.78, 5) is 24.3. The lowest BCUT2D eigenvalue weighted by Crippen LogP contribution is -2.65. The topological polar surface area (TPSA) is 252 Å². The van der Waals surface area contributed by atoms with Gasteiger partial charge in [-0.3, -0.25) is 9.59 Å². The number of methoxy groups -OCH3 is 1. The highest BCUT2D eigenvalue weighted by molar-refractivity contribution is 5.91. The van der Waals surface area contributed by atoms with Crippen LogP contribution in [0.3, 0.4) is 0 Å². The fraction of sp³-hybridized carbons (Fsp3) is 0.714. The lowest BCUT2D eigenvalue weighted by molar-refractivity contribution is -0.353. The Morgan fingerprint density at radius 3 is 2.11 bits per heavy atom. The Balaban J connectivity index is 1.38. The summed E-state index contributed by atoms with van der Waals surface area (Å²) in [7, 11) is 1.27. The van der Waals surface area contributed by atoms with Gasteiger partial charge in [0.05, 0.1) is 19.8 Å². The Morgan fingerprint density at radius 1 is 0.955 bits per heavy atom. The molecule has 3 aliphatic heterocycles. The number of hydrogen-bond donors (Lipinski definition) is 9. The highest BCUT2D eigenvalue weighted by Crippen LogP contribution is 2.34. The summed E-state index contributed by atoms with van der Waals surface area (Å²) in [6, 6.07) is 5.71. The number of nitrogens with two attached hydrogens (primary N) is 1. The van der Waals surface area contributed by atoms with Gasteiger partial charge >= 0.3 is 0 Å². The number of nitrogens with one attached hydrogen (secondary N) is 2. The van der Waals surface area contributed by atoms with Crippen molar-refractivity contribution in [3.05, 3.63) is 29.8 Å². The maximum atomic E-state index is 12.5. The minimum Gasteiger partial charge on any atom is -0.462 e. The zero-order valence-corrected chi connectivity index (χ0v) is 24.7. The van der Waals surface area contributed by atoms with Crippen LogP contribution in [0.1, 0.15) is 19.4 Å². The second kappa shape index (κ2) is 14.3. The second-order valence-corrected chi connectivity index (χ2v) is 11.8. The summed E-state index contributed by atoms with van der Waals surface area (Å²) < 4.78 is 27.7. The van der Waals surface area contributed by atoms with E-state index in [2.05, 4.69) is 10.6 Å². The summed E-state index contributed by atoms with van der Waals surface area (Å²) >= 11 is 0. The minimum absolute atomic E-state index is 0.225. The molecule has 3 heterocycles. The van der Waals surface area contributed by atoms with Crippen LogP contribution in [0.2, 0.25) is 0 Å². The van der Waals surface area contributed by atoms with E-state index in [-0.39, 0.29) is 24.2 Å². The molecular formula is C28H43N3O13. The summed E-state index contributed by atoms with van der Waals surface area (Å²) in [5.41, 5.74) is 5.62. The molecule has 16 heteroatoms. The zero-order chi connectivity index (χ0) is 32.3. The fourth-order valence-corrected chi connectivity index (χ4v) is 5.77. The number of carbonyl (C=O) groups excluding carboxylic acids is 2. The molecule has 3 aliphatic rings. The summed E-state index contributed by atoms with van der Waals surface area (Å²) in [5.74, 6) is -0.444. The molecule has 0 bridgehead atoms. The molecule has 16 nitrogen and oxygen atoms in total. The largest absolute Gasteiger partial charge is 0.462 e. The number of benzene rings is 1. The van der Waals surface area contributed by atoms with Crippen molar-refractivity contribution >= 4 is 11.8 Å². The van der Waals surface area contributed by atoms with Crippen molar-refractivity contribution < 1.29 is 63.9 Å². The number of hydrogen-bond acceptors (Lipinski definition) is 14. The van der Waals surface area contributed by atoms with Gasteiger partial charge in [0.1, 0.15) is 60.6 Å². The van der Waals surface area contributed by atoms with Crippen molar-refractivity contribution in [1.29, 1.82) is 0 Å². The summed E-state index contributed by atoms with van der Waals surface area (Å²) in [6.07, 6.45) is -13.7. The Hall–Kier alpha value is -2.48. The van der Waals surface area contributed by atoms with Crippen LogP contribution < -0.4 is 21.1 Å². The van der Waals surface area contributed by atoms with Crippen LogP contribution in [0.25, 0.3) is 0 Å². The van der Waals surface area contributed by atoms with Crippen LogP contribution in [0.4, 0.5) is 0 Å².